The van der Waals surface area contributed by atoms with E-state index in [1.807, 2.05) is 11.8 Å². The molecular weight excluding hydrogens is 266 g/mol. The fourth-order valence-corrected chi connectivity index (χ4v) is 1.83. The average molecular weight is 286 g/mol. The Morgan fingerprint density at radius 3 is 2.25 bits per heavy atom. The van der Waals surface area contributed by atoms with Gasteiger partial charge in [-0.25, -0.2) is 8.78 Å². The lowest BCUT2D eigenvalue weighted by Gasteiger charge is -2.23. The van der Waals surface area contributed by atoms with E-state index in [2.05, 4.69) is 0 Å². The number of carbonyl (C=O) groups is 1. The molecule has 1 aromatic carbocycles. The predicted molar refractivity (Wildman–Crippen MR) is 72.3 cm³/mol. The fourth-order valence-electron chi connectivity index (χ4n) is 1.83. The molecular formula is C14H20F2N2O2. The zero-order chi connectivity index (χ0) is 15.3. The highest BCUT2D eigenvalue weighted by molar-refractivity contribution is 5.77. The number of aromatic hydroxyl groups is 1. The van der Waals surface area contributed by atoms with Crippen LogP contribution in [0.2, 0.25) is 0 Å². The number of amides is 1. The van der Waals surface area contributed by atoms with Crippen LogP contribution in [0.1, 0.15) is 18.9 Å². The van der Waals surface area contributed by atoms with Gasteiger partial charge in [0.25, 0.3) is 0 Å². The summed E-state index contributed by atoms with van der Waals surface area (Å²) in [6.45, 7) is 3.04. The van der Waals surface area contributed by atoms with Crippen LogP contribution in [-0.4, -0.2) is 48.0 Å². The summed E-state index contributed by atoms with van der Waals surface area (Å²) in [5.74, 6) is -3.02. The molecule has 20 heavy (non-hydrogen) atoms. The first-order valence-corrected chi connectivity index (χ1v) is 6.44. The molecule has 0 aliphatic heterocycles. The first kappa shape index (κ1) is 16.4. The number of phenolic OH excluding ortho intramolecular Hbond substituents is 1. The number of hydrogen-bond acceptors (Lipinski definition) is 3. The Morgan fingerprint density at radius 2 is 1.80 bits per heavy atom. The van der Waals surface area contributed by atoms with Crippen LogP contribution in [0, 0.1) is 11.6 Å². The zero-order valence-electron chi connectivity index (χ0n) is 12.0. The van der Waals surface area contributed by atoms with Gasteiger partial charge in [-0.1, -0.05) is 6.92 Å². The van der Waals surface area contributed by atoms with Gasteiger partial charge in [0, 0.05) is 20.6 Å². The largest absolute Gasteiger partial charge is 0.503 e. The Labute approximate surface area is 117 Å². The molecule has 1 N–H and O–H groups in total. The minimum Gasteiger partial charge on any atom is -0.503 e. The number of rotatable bonds is 6. The van der Waals surface area contributed by atoms with E-state index >= 15 is 0 Å². The minimum absolute atomic E-state index is 0.0711. The molecule has 0 unspecified atom stereocenters. The number of benzene rings is 1. The third-order valence-corrected chi connectivity index (χ3v) is 2.88. The van der Waals surface area contributed by atoms with Gasteiger partial charge in [0.2, 0.25) is 5.91 Å². The third-order valence-electron chi connectivity index (χ3n) is 2.88. The van der Waals surface area contributed by atoms with Crippen LogP contribution >= 0.6 is 0 Å². The molecule has 0 saturated heterocycles. The highest BCUT2D eigenvalue weighted by Gasteiger charge is 2.15. The second-order valence-electron chi connectivity index (χ2n) is 4.91. The van der Waals surface area contributed by atoms with Gasteiger partial charge < -0.3 is 10.0 Å². The monoisotopic (exact) mass is 286 g/mol. The molecule has 1 amide bonds. The van der Waals surface area contributed by atoms with Gasteiger partial charge in [-0.05, 0) is 30.7 Å². The van der Waals surface area contributed by atoms with Crippen LogP contribution in [0.15, 0.2) is 12.1 Å². The quantitative estimate of drug-likeness (QED) is 0.869. The normalized spacial score (nSPS) is 10.9. The first-order valence-electron chi connectivity index (χ1n) is 6.44. The van der Waals surface area contributed by atoms with Crippen LogP contribution in [0.3, 0.4) is 0 Å². The molecule has 6 heteroatoms. The van der Waals surface area contributed by atoms with E-state index in [9.17, 15) is 13.6 Å². The van der Waals surface area contributed by atoms with E-state index in [4.69, 9.17) is 5.11 Å². The Hall–Kier alpha value is -1.69. The molecule has 1 rings (SSSR count). The molecule has 0 aliphatic carbocycles. The van der Waals surface area contributed by atoms with Crippen molar-refractivity contribution < 1.29 is 18.7 Å². The van der Waals surface area contributed by atoms with Crippen molar-refractivity contribution in [3.05, 3.63) is 29.3 Å². The van der Waals surface area contributed by atoms with Crippen molar-refractivity contribution in [2.45, 2.75) is 19.9 Å². The molecule has 4 nitrogen and oxygen atoms in total. The molecule has 0 aromatic heterocycles. The van der Waals surface area contributed by atoms with E-state index in [1.54, 1.807) is 14.1 Å². The molecule has 0 radical (unpaired) electrons. The smallest absolute Gasteiger partial charge is 0.236 e. The Kier molecular flexibility index (Phi) is 5.88. The van der Waals surface area contributed by atoms with Gasteiger partial charge in [-0.3, -0.25) is 9.69 Å². The van der Waals surface area contributed by atoms with E-state index in [0.717, 1.165) is 18.6 Å². The molecule has 0 spiro atoms. The first-order chi connectivity index (χ1) is 9.35. The molecule has 112 valence electrons. The van der Waals surface area contributed by atoms with Gasteiger partial charge in [0.15, 0.2) is 17.4 Å². The van der Waals surface area contributed by atoms with Gasteiger partial charge in [0.1, 0.15) is 0 Å². The fraction of sp³-hybridized carbons (Fsp3) is 0.500. The average Bonchev–Trinajstić information content (AvgIpc) is 2.35. The standard InChI is InChI=1S/C14H20F2N2O2/c1-4-5-18(9-13(19)17(2)3)8-10-6-11(15)14(20)12(16)7-10/h6-7,20H,4-5,8-9H2,1-3H3. The summed E-state index contributed by atoms with van der Waals surface area (Å²) >= 11 is 0. The van der Waals surface area contributed by atoms with Crippen molar-refractivity contribution in [1.82, 2.24) is 9.80 Å². The number of halogens is 2. The number of nitrogens with zero attached hydrogens (tertiary/aromatic N) is 2. The zero-order valence-corrected chi connectivity index (χ0v) is 12.0. The minimum atomic E-state index is -0.990. The molecule has 0 atom stereocenters. The second-order valence-corrected chi connectivity index (χ2v) is 4.91. The van der Waals surface area contributed by atoms with Gasteiger partial charge in [-0.15, -0.1) is 0 Å². The van der Waals surface area contributed by atoms with Crippen molar-refractivity contribution in [2.24, 2.45) is 0 Å². The van der Waals surface area contributed by atoms with Crippen molar-refractivity contribution in [2.75, 3.05) is 27.2 Å². The van der Waals surface area contributed by atoms with Gasteiger partial charge in [0.05, 0.1) is 6.54 Å². The summed E-state index contributed by atoms with van der Waals surface area (Å²) in [7, 11) is 3.32. The van der Waals surface area contributed by atoms with Crippen molar-refractivity contribution in [3.8, 4) is 5.75 Å². The molecule has 0 fully saturated rings. The molecule has 0 aliphatic rings. The topological polar surface area (TPSA) is 43.8 Å². The maximum Gasteiger partial charge on any atom is 0.236 e. The highest BCUT2D eigenvalue weighted by atomic mass is 19.1. The number of carbonyl (C=O) groups excluding carboxylic acids is 1. The van der Waals surface area contributed by atoms with Crippen molar-refractivity contribution in [3.63, 3.8) is 0 Å². The predicted octanol–water partition coefficient (Wildman–Crippen LogP) is 1.97. The highest BCUT2D eigenvalue weighted by Crippen LogP contribution is 2.22. The van der Waals surface area contributed by atoms with Crippen molar-refractivity contribution in [1.29, 1.82) is 0 Å². The molecule has 0 bridgehead atoms. The van der Waals surface area contributed by atoms with Gasteiger partial charge >= 0.3 is 0 Å². The van der Waals surface area contributed by atoms with E-state index in [-0.39, 0.29) is 19.0 Å². The van der Waals surface area contributed by atoms with Crippen molar-refractivity contribution >= 4 is 5.91 Å². The lowest BCUT2D eigenvalue weighted by atomic mass is 10.1. The Balaban J connectivity index is 2.82. The number of likely N-dealkylation sites (N-methyl/N-ethyl adjacent to an activating group) is 1. The molecule has 0 saturated carbocycles. The molecule has 0 heterocycles. The van der Waals surface area contributed by atoms with E-state index in [0.29, 0.717) is 12.1 Å². The number of phenols is 1. The van der Waals surface area contributed by atoms with E-state index in [1.165, 1.54) is 4.90 Å². The summed E-state index contributed by atoms with van der Waals surface area (Å²) < 4.78 is 26.6. The summed E-state index contributed by atoms with van der Waals surface area (Å²) in [4.78, 5) is 15.0. The molecule has 1 aromatic rings. The summed E-state index contributed by atoms with van der Waals surface area (Å²) in [5, 5.41) is 9.06. The third kappa shape index (κ3) is 4.45. The van der Waals surface area contributed by atoms with E-state index < -0.39 is 17.4 Å². The lowest BCUT2D eigenvalue weighted by molar-refractivity contribution is -0.130. The maximum atomic E-state index is 13.3. The SMILES string of the molecule is CCCN(CC(=O)N(C)C)Cc1cc(F)c(O)c(F)c1. The van der Waals surface area contributed by atoms with Crippen LogP contribution in [0.25, 0.3) is 0 Å². The van der Waals surface area contributed by atoms with Crippen LogP contribution < -0.4 is 0 Å². The second kappa shape index (κ2) is 7.19. The Morgan fingerprint density at radius 1 is 1.25 bits per heavy atom. The summed E-state index contributed by atoms with van der Waals surface area (Å²) in [5.41, 5.74) is 0.387. The van der Waals surface area contributed by atoms with Crippen LogP contribution in [0.5, 0.6) is 5.75 Å². The lowest BCUT2D eigenvalue weighted by Crippen LogP contribution is -2.36. The van der Waals surface area contributed by atoms with Gasteiger partial charge in [-0.2, -0.15) is 0 Å². The summed E-state index contributed by atoms with van der Waals surface area (Å²) in [6, 6.07) is 2.17. The number of hydrogen-bond donors (Lipinski definition) is 1. The van der Waals surface area contributed by atoms with Crippen LogP contribution in [0.4, 0.5) is 8.78 Å². The van der Waals surface area contributed by atoms with Crippen LogP contribution in [-0.2, 0) is 11.3 Å². The Bertz CT molecular complexity index is 455. The summed E-state index contributed by atoms with van der Waals surface area (Å²) in [6.07, 6.45) is 0.823. The maximum absolute atomic E-state index is 13.3.